The topological polar surface area (TPSA) is 49.3 Å². The molecule has 136 valence electrons. The summed E-state index contributed by atoms with van der Waals surface area (Å²) in [6.45, 7) is 4.73. The zero-order valence-electron chi connectivity index (χ0n) is 15.3. The minimum atomic E-state index is 0.168. The highest BCUT2D eigenvalue weighted by Gasteiger charge is 2.36. The normalized spacial score (nSPS) is 18.0. The van der Waals surface area contributed by atoms with Crippen LogP contribution in [-0.4, -0.2) is 46.5 Å². The standard InChI is InChI=1S/C21H26N4O/c1-2-25(17-6-7-17)21(26)16-9-13-24(14-10-16)20-15-22-12-8-18(20)19-5-3-4-11-23-19/h3-5,8,11-12,15-17H,2,6-7,9-10,13-14H2,1H3. The molecule has 0 unspecified atom stereocenters. The summed E-state index contributed by atoms with van der Waals surface area (Å²) in [4.78, 5) is 26.1. The van der Waals surface area contributed by atoms with Crippen LogP contribution in [0, 0.1) is 5.92 Å². The molecule has 0 bridgehead atoms. The Morgan fingerprint density at radius 1 is 1.15 bits per heavy atom. The molecule has 0 atom stereocenters. The fourth-order valence-corrected chi connectivity index (χ4v) is 3.96. The molecule has 2 fully saturated rings. The summed E-state index contributed by atoms with van der Waals surface area (Å²) >= 11 is 0. The molecule has 0 spiro atoms. The number of rotatable bonds is 5. The van der Waals surface area contributed by atoms with Crippen molar-refractivity contribution in [2.24, 2.45) is 5.92 Å². The molecule has 0 N–H and O–H groups in total. The van der Waals surface area contributed by atoms with Crippen molar-refractivity contribution >= 4 is 11.6 Å². The van der Waals surface area contributed by atoms with E-state index in [4.69, 9.17) is 0 Å². The minimum Gasteiger partial charge on any atom is -0.370 e. The number of aromatic nitrogens is 2. The number of amides is 1. The first-order valence-electron chi connectivity index (χ1n) is 9.68. The van der Waals surface area contributed by atoms with Crippen LogP contribution in [0.25, 0.3) is 11.3 Å². The molecule has 5 heteroatoms. The molecular formula is C21H26N4O. The predicted octanol–water partition coefficient (Wildman–Crippen LogP) is 3.37. The van der Waals surface area contributed by atoms with Gasteiger partial charge < -0.3 is 9.80 Å². The highest BCUT2D eigenvalue weighted by molar-refractivity contribution is 5.80. The van der Waals surface area contributed by atoms with Gasteiger partial charge in [-0.3, -0.25) is 14.8 Å². The lowest BCUT2D eigenvalue weighted by molar-refractivity contribution is -0.136. The third-order valence-electron chi connectivity index (χ3n) is 5.54. The highest BCUT2D eigenvalue weighted by Crippen LogP contribution is 2.33. The predicted molar refractivity (Wildman–Crippen MR) is 103 cm³/mol. The van der Waals surface area contributed by atoms with Gasteiger partial charge in [-0.25, -0.2) is 0 Å². The van der Waals surface area contributed by atoms with Gasteiger partial charge in [-0.1, -0.05) is 6.07 Å². The fourth-order valence-electron chi connectivity index (χ4n) is 3.96. The third-order valence-corrected chi connectivity index (χ3v) is 5.54. The van der Waals surface area contributed by atoms with Crippen LogP contribution in [-0.2, 0) is 4.79 Å². The molecule has 0 radical (unpaired) electrons. The van der Waals surface area contributed by atoms with Crippen LogP contribution in [0.5, 0.6) is 0 Å². The summed E-state index contributed by atoms with van der Waals surface area (Å²) in [5, 5.41) is 0. The Morgan fingerprint density at radius 2 is 1.96 bits per heavy atom. The molecule has 5 nitrogen and oxygen atoms in total. The number of carbonyl (C=O) groups excluding carboxylic acids is 1. The molecule has 0 aromatic carbocycles. The molecular weight excluding hydrogens is 324 g/mol. The van der Waals surface area contributed by atoms with Gasteiger partial charge in [0.25, 0.3) is 0 Å². The van der Waals surface area contributed by atoms with Crippen LogP contribution in [0.4, 0.5) is 5.69 Å². The van der Waals surface area contributed by atoms with Crippen molar-refractivity contribution in [2.75, 3.05) is 24.5 Å². The summed E-state index contributed by atoms with van der Waals surface area (Å²) in [6, 6.07) is 8.51. The van der Waals surface area contributed by atoms with Crippen molar-refractivity contribution in [2.45, 2.75) is 38.6 Å². The zero-order chi connectivity index (χ0) is 17.9. The molecule has 1 saturated carbocycles. The number of hydrogen-bond acceptors (Lipinski definition) is 4. The highest BCUT2D eigenvalue weighted by atomic mass is 16.2. The second kappa shape index (κ2) is 7.44. The first kappa shape index (κ1) is 17.0. The molecule has 1 aliphatic heterocycles. The average molecular weight is 350 g/mol. The van der Waals surface area contributed by atoms with E-state index in [0.717, 1.165) is 49.4 Å². The van der Waals surface area contributed by atoms with Crippen LogP contribution >= 0.6 is 0 Å². The van der Waals surface area contributed by atoms with E-state index < -0.39 is 0 Å². The second-order valence-electron chi connectivity index (χ2n) is 7.22. The maximum atomic E-state index is 12.8. The third kappa shape index (κ3) is 3.43. The number of nitrogens with zero attached hydrogens (tertiary/aromatic N) is 4. The van der Waals surface area contributed by atoms with E-state index in [2.05, 4.69) is 26.7 Å². The number of anilines is 1. The van der Waals surface area contributed by atoms with Gasteiger partial charge in [0, 0.05) is 49.6 Å². The number of pyridine rings is 2. The zero-order valence-corrected chi connectivity index (χ0v) is 15.3. The van der Waals surface area contributed by atoms with Gasteiger partial charge in [0.05, 0.1) is 17.6 Å². The van der Waals surface area contributed by atoms with E-state index in [1.54, 1.807) is 0 Å². The maximum absolute atomic E-state index is 12.8. The first-order valence-corrected chi connectivity index (χ1v) is 9.68. The van der Waals surface area contributed by atoms with Crippen molar-refractivity contribution in [3.8, 4) is 11.3 Å². The van der Waals surface area contributed by atoms with Gasteiger partial charge in [-0.05, 0) is 50.8 Å². The number of carbonyl (C=O) groups is 1. The Kier molecular flexibility index (Phi) is 4.87. The smallest absolute Gasteiger partial charge is 0.226 e. The Hall–Kier alpha value is -2.43. The van der Waals surface area contributed by atoms with E-state index in [1.807, 2.05) is 42.9 Å². The summed E-state index contributed by atoms with van der Waals surface area (Å²) < 4.78 is 0. The lowest BCUT2D eigenvalue weighted by atomic mass is 9.94. The molecule has 2 aliphatic rings. The van der Waals surface area contributed by atoms with E-state index in [9.17, 15) is 4.79 Å². The Bertz CT molecular complexity index is 752. The molecule has 2 aromatic heterocycles. The quantitative estimate of drug-likeness (QED) is 0.829. The van der Waals surface area contributed by atoms with Crippen LogP contribution in [0.3, 0.4) is 0 Å². The second-order valence-corrected chi connectivity index (χ2v) is 7.22. The van der Waals surface area contributed by atoms with E-state index in [1.165, 1.54) is 12.8 Å². The Labute approximate surface area is 155 Å². The molecule has 26 heavy (non-hydrogen) atoms. The Balaban J connectivity index is 1.46. The van der Waals surface area contributed by atoms with Crippen LogP contribution < -0.4 is 4.90 Å². The van der Waals surface area contributed by atoms with Gasteiger partial charge in [0.15, 0.2) is 0 Å². The summed E-state index contributed by atoms with van der Waals surface area (Å²) in [7, 11) is 0. The summed E-state index contributed by atoms with van der Waals surface area (Å²) in [5.41, 5.74) is 3.19. The summed E-state index contributed by atoms with van der Waals surface area (Å²) in [6.07, 6.45) is 9.76. The monoisotopic (exact) mass is 350 g/mol. The largest absolute Gasteiger partial charge is 0.370 e. The van der Waals surface area contributed by atoms with Crippen molar-refractivity contribution in [1.82, 2.24) is 14.9 Å². The van der Waals surface area contributed by atoms with Gasteiger partial charge in [-0.2, -0.15) is 0 Å². The molecule has 1 aliphatic carbocycles. The lowest BCUT2D eigenvalue weighted by Gasteiger charge is -2.36. The van der Waals surface area contributed by atoms with Crippen molar-refractivity contribution in [3.05, 3.63) is 42.9 Å². The maximum Gasteiger partial charge on any atom is 0.226 e. The summed E-state index contributed by atoms with van der Waals surface area (Å²) in [5.74, 6) is 0.535. The SMILES string of the molecule is CCN(C(=O)C1CCN(c2cnccc2-c2ccccn2)CC1)C1CC1. The van der Waals surface area contributed by atoms with Gasteiger partial charge in [-0.15, -0.1) is 0 Å². The van der Waals surface area contributed by atoms with Gasteiger partial charge >= 0.3 is 0 Å². The van der Waals surface area contributed by atoms with Crippen LogP contribution in [0.15, 0.2) is 42.9 Å². The molecule has 3 heterocycles. The van der Waals surface area contributed by atoms with Crippen molar-refractivity contribution < 1.29 is 4.79 Å². The van der Waals surface area contributed by atoms with E-state index >= 15 is 0 Å². The van der Waals surface area contributed by atoms with Crippen LogP contribution in [0.2, 0.25) is 0 Å². The van der Waals surface area contributed by atoms with Gasteiger partial charge in [0.2, 0.25) is 5.91 Å². The fraction of sp³-hybridized carbons (Fsp3) is 0.476. The Morgan fingerprint density at radius 3 is 2.62 bits per heavy atom. The van der Waals surface area contributed by atoms with Crippen molar-refractivity contribution in [3.63, 3.8) is 0 Å². The minimum absolute atomic E-state index is 0.168. The average Bonchev–Trinajstić information content (AvgIpc) is 3.54. The van der Waals surface area contributed by atoms with Gasteiger partial charge in [0.1, 0.15) is 0 Å². The molecule has 1 amide bonds. The molecule has 2 aromatic rings. The van der Waals surface area contributed by atoms with E-state index in [0.29, 0.717) is 11.9 Å². The van der Waals surface area contributed by atoms with Crippen molar-refractivity contribution in [1.29, 1.82) is 0 Å². The van der Waals surface area contributed by atoms with E-state index in [-0.39, 0.29) is 5.92 Å². The first-order chi connectivity index (χ1) is 12.8. The van der Waals surface area contributed by atoms with Crippen LogP contribution in [0.1, 0.15) is 32.6 Å². The molecule has 1 saturated heterocycles. The molecule has 4 rings (SSSR count). The number of piperidine rings is 1. The lowest BCUT2D eigenvalue weighted by Crippen LogP contribution is -2.43. The number of hydrogen-bond donors (Lipinski definition) is 0.